The summed E-state index contributed by atoms with van der Waals surface area (Å²) in [6.45, 7) is 4.52. The fourth-order valence-corrected chi connectivity index (χ4v) is 5.19. The number of aliphatic hydroxyl groups is 1. The molecule has 166 valence electrons. The number of rotatable bonds is 7. The van der Waals surface area contributed by atoms with Gasteiger partial charge in [0.25, 0.3) is 5.91 Å². The number of hydrogen-bond acceptors (Lipinski definition) is 3. The first-order valence-electron chi connectivity index (χ1n) is 11.5. The molecule has 1 N–H and O–H groups in total. The molecule has 2 aliphatic heterocycles. The molecule has 0 saturated carbocycles. The number of amides is 1. The number of carbonyl (C=O) groups excluding carboxylic acids is 1. The zero-order valence-electron chi connectivity index (χ0n) is 18.2. The van der Waals surface area contributed by atoms with Crippen molar-refractivity contribution in [3.8, 4) is 0 Å². The normalized spacial score (nSPS) is 21.4. The second kappa shape index (κ2) is 10.2. The van der Waals surface area contributed by atoms with Gasteiger partial charge in [-0.2, -0.15) is 0 Å². The Balaban J connectivity index is 1.19. The maximum Gasteiger partial charge on any atom is 0.253 e. The maximum atomic E-state index is 12.7. The van der Waals surface area contributed by atoms with Crippen LogP contribution in [0.2, 0.25) is 5.02 Å². The fraction of sp³-hybridized carbons (Fsp3) is 0.500. The van der Waals surface area contributed by atoms with Crippen molar-refractivity contribution in [2.75, 3.05) is 32.7 Å². The SMILES string of the molecule is O=C(c1cccc(Cl)c1)N1CC[C@H](CN2CCC(O)(CCCc3ccccc3)CC2)C1. The van der Waals surface area contributed by atoms with E-state index in [1.165, 1.54) is 5.56 Å². The van der Waals surface area contributed by atoms with E-state index >= 15 is 0 Å². The summed E-state index contributed by atoms with van der Waals surface area (Å²) in [6, 6.07) is 17.7. The molecule has 0 bridgehead atoms. The molecule has 5 heteroatoms. The number of carbonyl (C=O) groups is 1. The number of hydrogen-bond donors (Lipinski definition) is 1. The van der Waals surface area contributed by atoms with Crippen LogP contribution in [0.3, 0.4) is 0 Å². The predicted octanol–water partition coefficient (Wildman–Crippen LogP) is 4.65. The van der Waals surface area contributed by atoms with Gasteiger partial charge in [-0.05, 0) is 68.2 Å². The Bertz CT molecular complexity index is 865. The standard InChI is InChI=1S/C26H33ClN2O2/c27-24-10-4-9-23(18-24)25(30)29-15-11-22(20-29)19-28-16-13-26(31,14-17-28)12-5-8-21-6-2-1-3-7-21/h1-4,6-7,9-10,18,22,31H,5,8,11-17,19-20H2/t22-/m1/s1. The lowest BCUT2D eigenvalue weighted by atomic mass is 9.85. The van der Waals surface area contributed by atoms with Crippen LogP contribution in [-0.4, -0.2) is 59.1 Å². The van der Waals surface area contributed by atoms with Gasteiger partial charge in [0.15, 0.2) is 0 Å². The molecule has 0 aromatic heterocycles. The highest BCUT2D eigenvalue weighted by molar-refractivity contribution is 6.30. The molecule has 0 radical (unpaired) electrons. The van der Waals surface area contributed by atoms with E-state index in [1.54, 1.807) is 12.1 Å². The van der Waals surface area contributed by atoms with Crippen molar-refractivity contribution in [2.45, 2.75) is 44.1 Å². The van der Waals surface area contributed by atoms with Crippen LogP contribution in [0.15, 0.2) is 54.6 Å². The second-order valence-electron chi connectivity index (χ2n) is 9.28. The van der Waals surface area contributed by atoms with Crippen LogP contribution in [0.5, 0.6) is 0 Å². The Hall–Kier alpha value is -1.88. The van der Waals surface area contributed by atoms with Crippen LogP contribution >= 0.6 is 11.6 Å². The summed E-state index contributed by atoms with van der Waals surface area (Å²) in [7, 11) is 0. The minimum atomic E-state index is -0.518. The van der Waals surface area contributed by atoms with Crippen molar-refractivity contribution >= 4 is 17.5 Å². The number of piperidine rings is 1. The van der Waals surface area contributed by atoms with Gasteiger partial charge in [-0.15, -0.1) is 0 Å². The quantitative estimate of drug-likeness (QED) is 0.681. The molecule has 2 heterocycles. The number of likely N-dealkylation sites (tertiary alicyclic amines) is 2. The van der Waals surface area contributed by atoms with Crippen molar-refractivity contribution in [1.82, 2.24) is 9.80 Å². The average Bonchev–Trinajstić information content (AvgIpc) is 3.24. The van der Waals surface area contributed by atoms with Crippen LogP contribution in [0, 0.1) is 5.92 Å². The van der Waals surface area contributed by atoms with Crippen LogP contribution < -0.4 is 0 Å². The van der Waals surface area contributed by atoms with Gasteiger partial charge in [0, 0.05) is 43.3 Å². The minimum Gasteiger partial charge on any atom is -0.390 e. The lowest BCUT2D eigenvalue weighted by Crippen LogP contribution is -2.46. The number of nitrogens with zero attached hydrogens (tertiary/aromatic N) is 2. The minimum absolute atomic E-state index is 0.0800. The molecule has 1 atom stereocenters. The van der Waals surface area contributed by atoms with Crippen molar-refractivity contribution in [1.29, 1.82) is 0 Å². The third-order valence-corrected chi connectivity index (χ3v) is 7.13. The lowest BCUT2D eigenvalue weighted by molar-refractivity contribution is -0.0312. The lowest BCUT2D eigenvalue weighted by Gasteiger charge is -2.39. The van der Waals surface area contributed by atoms with E-state index in [1.807, 2.05) is 23.1 Å². The van der Waals surface area contributed by atoms with Gasteiger partial charge in [0.1, 0.15) is 0 Å². The van der Waals surface area contributed by atoms with E-state index in [2.05, 4.69) is 29.2 Å². The number of aryl methyl sites for hydroxylation is 1. The molecule has 4 nitrogen and oxygen atoms in total. The smallest absolute Gasteiger partial charge is 0.253 e. The first-order chi connectivity index (χ1) is 15.0. The molecular formula is C26H33ClN2O2. The number of benzene rings is 2. The molecule has 1 amide bonds. The summed E-state index contributed by atoms with van der Waals surface area (Å²) in [5.41, 5.74) is 1.50. The summed E-state index contributed by atoms with van der Waals surface area (Å²) in [5.74, 6) is 0.587. The predicted molar refractivity (Wildman–Crippen MR) is 125 cm³/mol. The molecule has 0 aliphatic carbocycles. The largest absolute Gasteiger partial charge is 0.390 e. The van der Waals surface area contributed by atoms with Crippen molar-refractivity contribution in [3.63, 3.8) is 0 Å². The molecule has 0 spiro atoms. The second-order valence-corrected chi connectivity index (χ2v) is 9.72. The summed E-state index contributed by atoms with van der Waals surface area (Å²) >= 11 is 6.04. The summed E-state index contributed by atoms with van der Waals surface area (Å²) in [6.07, 6.45) is 5.68. The monoisotopic (exact) mass is 440 g/mol. The third kappa shape index (κ3) is 6.09. The van der Waals surface area contributed by atoms with E-state index in [0.717, 1.165) is 71.2 Å². The molecule has 2 aliphatic rings. The summed E-state index contributed by atoms with van der Waals surface area (Å²) in [4.78, 5) is 17.2. The van der Waals surface area contributed by atoms with Crippen LogP contribution in [0.25, 0.3) is 0 Å². The summed E-state index contributed by atoms with van der Waals surface area (Å²) < 4.78 is 0. The molecule has 31 heavy (non-hydrogen) atoms. The van der Waals surface area contributed by atoms with Crippen LogP contribution in [0.1, 0.15) is 48.0 Å². The first kappa shape index (κ1) is 22.3. The van der Waals surface area contributed by atoms with Gasteiger partial charge in [0.05, 0.1) is 5.60 Å². The number of halogens is 1. The van der Waals surface area contributed by atoms with Gasteiger partial charge in [-0.3, -0.25) is 4.79 Å². The van der Waals surface area contributed by atoms with Crippen LogP contribution in [0.4, 0.5) is 0 Å². The highest BCUT2D eigenvalue weighted by atomic mass is 35.5. The van der Waals surface area contributed by atoms with Gasteiger partial charge >= 0.3 is 0 Å². The average molecular weight is 441 g/mol. The Kier molecular flexibility index (Phi) is 7.31. The Morgan fingerprint density at radius 1 is 1.06 bits per heavy atom. The van der Waals surface area contributed by atoms with Crippen LogP contribution in [-0.2, 0) is 6.42 Å². The molecule has 2 saturated heterocycles. The van der Waals surface area contributed by atoms with E-state index in [0.29, 0.717) is 16.5 Å². The summed E-state index contributed by atoms with van der Waals surface area (Å²) in [5, 5.41) is 11.6. The first-order valence-corrected chi connectivity index (χ1v) is 11.9. The fourth-order valence-electron chi connectivity index (χ4n) is 5.00. The topological polar surface area (TPSA) is 43.8 Å². The van der Waals surface area contributed by atoms with Crippen molar-refractivity contribution in [3.05, 3.63) is 70.7 Å². The third-order valence-electron chi connectivity index (χ3n) is 6.90. The van der Waals surface area contributed by atoms with E-state index in [-0.39, 0.29) is 5.91 Å². The zero-order chi connectivity index (χ0) is 21.7. The molecule has 2 aromatic carbocycles. The molecule has 2 aromatic rings. The highest BCUT2D eigenvalue weighted by Gasteiger charge is 2.34. The van der Waals surface area contributed by atoms with E-state index < -0.39 is 5.60 Å². The highest BCUT2D eigenvalue weighted by Crippen LogP contribution is 2.29. The maximum absolute atomic E-state index is 12.7. The molecule has 0 unspecified atom stereocenters. The van der Waals surface area contributed by atoms with Gasteiger partial charge < -0.3 is 14.9 Å². The van der Waals surface area contributed by atoms with Crippen molar-refractivity contribution < 1.29 is 9.90 Å². The van der Waals surface area contributed by atoms with Gasteiger partial charge in [-0.1, -0.05) is 48.0 Å². The van der Waals surface area contributed by atoms with Crippen molar-refractivity contribution in [2.24, 2.45) is 5.92 Å². The van der Waals surface area contributed by atoms with E-state index in [4.69, 9.17) is 11.6 Å². The molecule has 2 fully saturated rings. The zero-order valence-corrected chi connectivity index (χ0v) is 18.9. The van der Waals surface area contributed by atoms with Gasteiger partial charge in [0.2, 0.25) is 0 Å². The Labute approximate surface area is 190 Å². The van der Waals surface area contributed by atoms with Gasteiger partial charge in [-0.25, -0.2) is 0 Å². The Morgan fingerprint density at radius 2 is 1.84 bits per heavy atom. The van der Waals surface area contributed by atoms with E-state index in [9.17, 15) is 9.90 Å². The molecular weight excluding hydrogens is 408 g/mol. The molecule has 4 rings (SSSR count). The Morgan fingerprint density at radius 3 is 2.58 bits per heavy atom.